The highest BCUT2D eigenvalue weighted by molar-refractivity contribution is 5.82. The molecule has 0 aromatic heterocycles. The van der Waals surface area contributed by atoms with Gasteiger partial charge in [0.1, 0.15) is 5.75 Å². The smallest absolute Gasteiger partial charge is 0.119 e. The Labute approximate surface area is 190 Å². The second-order valence-corrected chi connectivity index (χ2v) is 8.83. The third-order valence-corrected chi connectivity index (χ3v) is 6.49. The van der Waals surface area contributed by atoms with Crippen molar-refractivity contribution in [2.45, 2.75) is 38.6 Å². The average Bonchev–Trinajstić information content (AvgIpc) is 3.32. The number of aliphatic imine (C=N–C) groups is 1. The third kappa shape index (κ3) is 4.20. The van der Waals surface area contributed by atoms with Crippen LogP contribution >= 0.6 is 0 Å². The van der Waals surface area contributed by atoms with Crippen molar-refractivity contribution < 1.29 is 4.74 Å². The molecule has 162 valence electrons. The largest absolute Gasteiger partial charge is 0.494 e. The zero-order chi connectivity index (χ0) is 21.9. The molecule has 0 fully saturated rings. The first-order chi connectivity index (χ1) is 15.7. The van der Waals surface area contributed by atoms with E-state index in [1.807, 2.05) is 30.5 Å². The monoisotopic (exact) mass is 422 g/mol. The minimum absolute atomic E-state index is 0.318. The first-order valence-corrected chi connectivity index (χ1v) is 11.6. The normalized spacial score (nSPS) is 21.2. The molecule has 3 nitrogen and oxygen atoms in total. The van der Waals surface area contributed by atoms with Crippen LogP contribution in [0.5, 0.6) is 5.75 Å². The van der Waals surface area contributed by atoms with Crippen LogP contribution in [0.1, 0.15) is 54.0 Å². The summed E-state index contributed by atoms with van der Waals surface area (Å²) in [5.41, 5.74) is 7.39. The van der Waals surface area contributed by atoms with E-state index >= 15 is 0 Å². The predicted octanol–water partition coefficient (Wildman–Crippen LogP) is 7.36. The number of fused-ring (bicyclic) bond motifs is 3. The number of benzene rings is 3. The van der Waals surface area contributed by atoms with Crippen molar-refractivity contribution >= 4 is 17.6 Å². The van der Waals surface area contributed by atoms with Gasteiger partial charge in [-0.25, -0.2) is 0 Å². The van der Waals surface area contributed by atoms with Gasteiger partial charge in [0.15, 0.2) is 0 Å². The number of hydrogen-bond acceptors (Lipinski definition) is 3. The topological polar surface area (TPSA) is 33.6 Å². The van der Waals surface area contributed by atoms with Gasteiger partial charge in [-0.2, -0.15) is 0 Å². The lowest BCUT2D eigenvalue weighted by Crippen LogP contribution is -2.29. The van der Waals surface area contributed by atoms with E-state index in [-0.39, 0.29) is 0 Å². The molecule has 2 aliphatic rings. The SMILES string of the molecule is CCCOc1ccc(C=Nc2ccc([C@@H]3Nc4ccc(C)cc4[C@@H]4C=CC[C@@H]43)cc2)cc1. The maximum atomic E-state index is 5.65. The highest BCUT2D eigenvalue weighted by Gasteiger charge is 2.37. The molecule has 3 atom stereocenters. The molecule has 1 aliphatic heterocycles. The average molecular weight is 423 g/mol. The Morgan fingerprint density at radius 3 is 2.62 bits per heavy atom. The summed E-state index contributed by atoms with van der Waals surface area (Å²) in [5, 5.41) is 3.82. The van der Waals surface area contributed by atoms with Gasteiger partial charge in [0.2, 0.25) is 0 Å². The number of allylic oxidation sites excluding steroid dienone is 2. The van der Waals surface area contributed by atoms with Crippen LogP contribution in [0, 0.1) is 12.8 Å². The first kappa shape index (κ1) is 20.6. The molecule has 0 bridgehead atoms. The van der Waals surface area contributed by atoms with Crippen molar-refractivity contribution in [1.29, 1.82) is 0 Å². The van der Waals surface area contributed by atoms with E-state index in [0.717, 1.165) is 36.4 Å². The molecule has 1 heterocycles. The highest BCUT2D eigenvalue weighted by Crippen LogP contribution is 2.50. The van der Waals surface area contributed by atoms with E-state index in [4.69, 9.17) is 4.74 Å². The molecule has 32 heavy (non-hydrogen) atoms. The Balaban J connectivity index is 1.30. The number of hydrogen-bond donors (Lipinski definition) is 1. The fraction of sp³-hybridized carbons (Fsp3) is 0.276. The fourth-order valence-electron chi connectivity index (χ4n) is 4.83. The molecule has 3 aromatic rings. The van der Waals surface area contributed by atoms with E-state index in [1.165, 1.54) is 22.4 Å². The summed E-state index contributed by atoms with van der Waals surface area (Å²) in [6, 6.07) is 23.9. The Morgan fingerprint density at radius 1 is 1.03 bits per heavy atom. The van der Waals surface area contributed by atoms with Crippen LogP contribution in [0.25, 0.3) is 0 Å². The van der Waals surface area contributed by atoms with Crippen molar-refractivity contribution in [3.05, 3.63) is 101 Å². The van der Waals surface area contributed by atoms with Crippen LogP contribution in [0.2, 0.25) is 0 Å². The van der Waals surface area contributed by atoms with E-state index in [0.29, 0.717) is 17.9 Å². The lowest BCUT2D eigenvalue weighted by Gasteiger charge is -2.37. The van der Waals surface area contributed by atoms with Gasteiger partial charge in [-0.3, -0.25) is 4.99 Å². The summed E-state index contributed by atoms with van der Waals surface area (Å²) in [4.78, 5) is 4.67. The maximum Gasteiger partial charge on any atom is 0.119 e. The summed E-state index contributed by atoms with van der Waals surface area (Å²) in [5.74, 6) is 1.97. The van der Waals surface area contributed by atoms with Gasteiger partial charge in [-0.05, 0) is 84.8 Å². The van der Waals surface area contributed by atoms with E-state index < -0.39 is 0 Å². The summed E-state index contributed by atoms with van der Waals surface area (Å²) >= 11 is 0. The molecule has 0 radical (unpaired) electrons. The molecule has 0 unspecified atom stereocenters. The number of aryl methyl sites for hydroxylation is 1. The molecule has 1 N–H and O–H groups in total. The number of nitrogens with zero attached hydrogens (tertiary/aromatic N) is 1. The molecule has 0 spiro atoms. The van der Waals surface area contributed by atoms with Gasteiger partial charge in [-0.15, -0.1) is 0 Å². The Morgan fingerprint density at radius 2 is 1.84 bits per heavy atom. The second-order valence-electron chi connectivity index (χ2n) is 8.83. The molecular formula is C29H30N2O. The van der Waals surface area contributed by atoms with Crippen LogP contribution in [0.3, 0.4) is 0 Å². The van der Waals surface area contributed by atoms with Gasteiger partial charge in [0, 0.05) is 17.8 Å². The van der Waals surface area contributed by atoms with E-state index in [9.17, 15) is 0 Å². The molecule has 0 amide bonds. The number of rotatable bonds is 6. The van der Waals surface area contributed by atoms with Gasteiger partial charge in [0.25, 0.3) is 0 Å². The summed E-state index contributed by atoms with van der Waals surface area (Å²) in [7, 11) is 0. The summed E-state index contributed by atoms with van der Waals surface area (Å²) < 4.78 is 5.65. The summed E-state index contributed by atoms with van der Waals surface area (Å²) in [6.45, 7) is 5.03. The van der Waals surface area contributed by atoms with Crippen LogP contribution in [-0.4, -0.2) is 12.8 Å². The third-order valence-electron chi connectivity index (χ3n) is 6.49. The molecule has 3 heteroatoms. The molecule has 0 saturated heterocycles. The fourth-order valence-corrected chi connectivity index (χ4v) is 4.83. The van der Waals surface area contributed by atoms with Crippen molar-refractivity contribution in [2.75, 3.05) is 11.9 Å². The van der Waals surface area contributed by atoms with Gasteiger partial charge < -0.3 is 10.1 Å². The number of ether oxygens (including phenoxy) is 1. The lowest BCUT2D eigenvalue weighted by molar-refractivity contribution is 0.317. The van der Waals surface area contributed by atoms with Crippen molar-refractivity contribution in [3.63, 3.8) is 0 Å². The van der Waals surface area contributed by atoms with Crippen molar-refractivity contribution in [2.24, 2.45) is 10.9 Å². The Hall–Kier alpha value is -3.33. The van der Waals surface area contributed by atoms with Crippen molar-refractivity contribution in [3.8, 4) is 5.75 Å². The molecule has 5 rings (SSSR count). The zero-order valence-electron chi connectivity index (χ0n) is 18.8. The minimum atomic E-state index is 0.318. The first-order valence-electron chi connectivity index (χ1n) is 11.6. The van der Waals surface area contributed by atoms with E-state index in [2.05, 4.69) is 78.8 Å². The minimum Gasteiger partial charge on any atom is -0.494 e. The molecule has 3 aromatic carbocycles. The van der Waals surface area contributed by atoms with Crippen LogP contribution in [0.15, 0.2) is 83.9 Å². The Bertz CT molecular complexity index is 1130. The van der Waals surface area contributed by atoms with Crippen LogP contribution < -0.4 is 10.1 Å². The second kappa shape index (κ2) is 9.04. The van der Waals surface area contributed by atoms with Gasteiger partial charge in [-0.1, -0.05) is 48.9 Å². The highest BCUT2D eigenvalue weighted by atomic mass is 16.5. The quantitative estimate of drug-likeness (QED) is 0.332. The van der Waals surface area contributed by atoms with Crippen LogP contribution in [-0.2, 0) is 0 Å². The molecular weight excluding hydrogens is 392 g/mol. The van der Waals surface area contributed by atoms with Crippen LogP contribution in [0.4, 0.5) is 11.4 Å². The standard InChI is InChI=1S/C29H30N2O/c1-3-17-32-24-14-8-21(9-15-24)19-30-23-12-10-22(11-13-23)29-26-6-4-5-25(26)27-18-20(2)7-16-28(27)31-29/h4-5,7-16,18-19,25-26,29,31H,3,6,17H2,1-2H3/t25-,26+,29+/m1/s1. The Kier molecular flexibility index (Phi) is 5.81. The van der Waals surface area contributed by atoms with Gasteiger partial charge in [0.05, 0.1) is 18.3 Å². The summed E-state index contributed by atoms with van der Waals surface area (Å²) in [6.07, 6.45) is 8.78. The van der Waals surface area contributed by atoms with E-state index in [1.54, 1.807) is 0 Å². The van der Waals surface area contributed by atoms with Gasteiger partial charge >= 0.3 is 0 Å². The van der Waals surface area contributed by atoms with Crippen molar-refractivity contribution in [1.82, 2.24) is 0 Å². The number of anilines is 1. The molecule has 1 aliphatic carbocycles. The zero-order valence-corrected chi connectivity index (χ0v) is 18.8. The maximum absolute atomic E-state index is 5.65. The number of nitrogens with one attached hydrogen (secondary N) is 1. The lowest BCUT2D eigenvalue weighted by atomic mass is 9.76. The molecule has 0 saturated carbocycles. The predicted molar refractivity (Wildman–Crippen MR) is 133 cm³/mol.